The predicted octanol–water partition coefficient (Wildman–Crippen LogP) is 2.05. The Morgan fingerprint density at radius 3 is 2.05 bits per heavy atom. The lowest BCUT2D eigenvalue weighted by Crippen LogP contribution is -2.47. The van der Waals surface area contributed by atoms with E-state index in [4.69, 9.17) is 9.47 Å². The maximum Gasteiger partial charge on any atom is 0.122 e. The Morgan fingerprint density at radius 1 is 1.00 bits per heavy atom. The van der Waals surface area contributed by atoms with E-state index in [1.165, 1.54) is 18.4 Å². The van der Waals surface area contributed by atoms with Gasteiger partial charge in [-0.25, -0.2) is 0 Å². The second-order valence-electron chi connectivity index (χ2n) is 5.71. The van der Waals surface area contributed by atoms with Crippen molar-refractivity contribution < 1.29 is 14.6 Å². The molecular formula is C16H24ClNO3. The molecule has 1 heterocycles. The summed E-state index contributed by atoms with van der Waals surface area (Å²) in [6.07, 6.45) is 3.66. The molecule has 1 N–H and O–H groups in total. The molecule has 21 heavy (non-hydrogen) atoms. The van der Waals surface area contributed by atoms with Crippen LogP contribution in [0.2, 0.25) is 0 Å². The van der Waals surface area contributed by atoms with Gasteiger partial charge in [0.2, 0.25) is 0 Å². The van der Waals surface area contributed by atoms with Crippen LogP contribution in [-0.4, -0.2) is 49.5 Å². The molecular weight excluding hydrogens is 290 g/mol. The number of rotatable bonds is 3. The summed E-state index contributed by atoms with van der Waals surface area (Å²) in [5.74, 6) is 1.77. The maximum absolute atomic E-state index is 10.5. The van der Waals surface area contributed by atoms with E-state index in [1.54, 1.807) is 14.2 Å². The Balaban J connectivity index is 0.00000161. The molecule has 1 saturated heterocycles. The lowest BCUT2D eigenvalue weighted by Gasteiger charge is -2.37. The number of halogens is 1. The maximum atomic E-state index is 10.5. The van der Waals surface area contributed by atoms with Gasteiger partial charge in [-0.3, -0.25) is 4.90 Å². The van der Waals surface area contributed by atoms with E-state index in [-0.39, 0.29) is 24.6 Å². The van der Waals surface area contributed by atoms with Crippen molar-refractivity contribution in [3.63, 3.8) is 0 Å². The van der Waals surface area contributed by atoms with Crippen LogP contribution in [0.1, 0.15) is 24.0 Å². The highest BCUT2D eigenvalue weighted by atomic mass is 35.5. The summed E-state index contributed by atoms with van der Waals surface area (Å²) in [6.45, 7) is 2.20. The van der Waals surface area contributed by atoms with Gasteiger partial charge in [0.25, 0.3) is 0 Å². The Bertz CT molecular complexity index is 489. The van der Waals surface area contributed by atoms with Gasteiger partial charge < -0.3 is 14.6 Å². The van der Waals surface area contributed by atoms with Crippen LogP contribution in [0.5, 0.6) is 11.5 Å². The van der Waals surface area contributed by atoms with Gasteiger partial charge in [-0.2, -0.15) is 0 Å². The standard InChI is InChI=1S/C16H23NO3.ClH/c1-19-15-5-6-16(20-2)12-10-14(18)13(9-11(12)15)17-7-3-4-8-17;/h5-6,13-14,18H,3-4,7-10H2,1-2H3;1H/t13-,14-;/m1./s1. The van der Waals surface area contributed by atoms with Crippen molar-refractivity contribution >= 4 is 12.4 Å². The second-order valence-corrected chi connectivity index (χ2v) is 5.71. The van der Waals surface area contributed by atoms with E-state index >= 15 is 0 Å². The molecule has 0 spiro atoms. The molecule has 4 nitrogen and oxygen atoms in total. The summed E-state index contributed by atoms with van der Waals surface area (Å²) >= 11 is 0. The second kappa shape index (κ2) is 6.86. The molecule has 5 heteroatoms. The number of fused-ring (bicyclic) bond motifs is 1. The number of nitrogens with zero attached hydrogens (tertiary/aromatic N) is 1. The Morgan fingerprint density at radius 2 is 1.52 bits per heavy atom. The first-order valence-corrected chi connectivity index (χ1v) is 7.39. The van der Waals surface area contributed by atoms with Crippen LogP contribution in [0.3, 0.4) is 0 Å². The summed E-state index contributed by atoms with van der Waals surface area (Å²) < 4.78 is 10.9. The smallest absolute Gasteiger partial charge is 0.122 e. The summed E-state index contributed by atoms with van der Waals surface area (Å²) in [5.41, 5.74) is 2.31. The number of aliphatic hydroxyl groups excluding tert-OH is 1. The fourth-order valence-electron chi connectivity index (χ4n) is 3.62. The summed E-state index contributed by atoms with van der Waals surface area (Å²) in [6, 6.07) is 4.11. The van der Waals surface area contributed by atoms with Gasteiger partial charge in [0.1, 0.15) is 11.5 Å². The minimum Gasteiger partial charge on any atom is -0.496 e. The van der Waals surface area contributed by atoms with E-state index in [0.29, 0.717) is 6.42 Å². The van der Waals surface area contributed by atoms with Gasteiger partial charge >= 0.3 is 0 Å². The van der Waals surface area contributed by atoms with Crippen LogP contribution in [0, 0.1) is 0 Å². The molecule has 1 aromatic rings. The van der Waals surface area contributed by atoms with Crippen molar-refractivity contribution in [2.45, 2.75) is 37.8 Å². The van der Waals surface area contributed by atoms with Crippen molar-refractivity contribution in [3.8, 4) is 11.5 Å². The van der Waals surface area contributed by atoms with E-state index in [1.807, 2.05) is 12.1 Å². The molecule has 2 atom stereocenters. The average Bonchev–Trinajstić information content (AvgIpc) is 2.99. The highest BCUT2D eigenvalue weighted by molar-refractivity contribution is 5.85. The van der Waals surface area contributed by atoms with Gasteiger partial charge in [0.15, 0.2) is 0 Å². The molecule has 0 unspecified atom stereocenters. The van der Waals surface area contributed by atoms with E-state index < -0.39 is 0 Å². The third kappa shape index (κ3) is 2.98. The van der Waals surface area contributed by atoms with Crippen molar-refractivity contribution in [2.24, 2.45) is 0 Å². The van der Waals surface area contributed by atoms with Crippen LogP contribution in [0.25, 0.3) is 0 Å². The number of methoxy groups -OCH3 is 2. The molecule has 1 aliphatic heterocycles. The molecule has 0 saturated carbocycles. The molecule has 1 aromatic carbocycles. The average molecular weight is 314 g/mol. The molecule has 0 bridgehead atoms. The molecule has 0 aromatic heterocycles. The van der Waals surface area contributed by atoms with Gasteiger partial charge in [-0.1, -0.05) is 0 Å². The summed E-state index contributed by atoms with van der Waals surface area (Å²) in [4.78, 5) is 2.42. The normalized spacial score (nSPS) is 25.1. The molecule has 0 radical (unpaired) electrons. The highest BCUT2D eigenvalue weighted by Crippen LogP contribution is 2.37. The Labute approximate surface area is 132 Å². The Hall–Kier alpha value is -0.970. The van der Waals surface area contributed by atoms with Gasteiger partial charge in [0, 0.05) is 23.6 Å². The van der Waals surface area contributed by atoms with E-state index in [0.717, 1.165) is 36.6 Å². The fraction of sp³-hybridized carbons (Fsp3) is 0.625. The predicted molar refractivity (Wildman–Crippen MR) is 84.8 cm³/mol. The van der Waals surface area contributed by atoms with Crippen LogP contribution in [0.15, 0.2) is 12.1 Å². The minimum atomic E-state index is -0.318. The van der Waals surface area contributed by atoms with E-state index in [9.17, 15) is 5.11 Å². The van der Waals surface area contributed by atoms with Crippen molar-refractivity contribution in [1.29, 1.82) is 0 Å². The quantitative estimate of drug-likeness (QED) is 0.927. The van der Waals surface area contributed by atoms with Crippen molar-refractivity contribution in [3.05, 3.63) is 23.3 Å². The number of hydrogen-bond donors (Lipinski definition) is 1. The monoisotopic (exact) mass is 313 g/mol. The van der Waals surface area contributed by atoms with Gasteiger partial charge in [-0.05, 0) is 44.5 Å². The number of aliphatic hydroxyl groups is 1. The third-order valence-electron chi connectivity index (χ3n) is 4.67. The van der Waals surface area contributed by atoms with Crippen molar-refractivity contribution in [2.75, 3.05) is 27.3 Å². The van der Waals surface area contributed by atoms with Crippen LogP contribution in [-0.2, 0) is 12.8 Å². The van der Waals surface area contributed by atoms with E-state index in [2.05, 4.69) is 4.90 Å². The van der Waals surface area contributed by atoms with Gasteiger partial charge in [-0.15, -0.1) is 12.4 Å². The zero-order valence-corrected chi connectivity index (χ0v) is 13.5. The molecule has 1 aliphatic carbocycles. The highest BCUT2D eigenvalue weighted by Gasteiger charge is 2.35. The van der Waals surface area contributed by atoms with Crippen LogP contribution >= 0.6 is 12.4 Å². The molecule has 2 aliphatic rings. The number of likely N-dealkylation sites (tertiary alicyclic amines) is 1. The number of benzene rings is 1. The largest absolute Gasteiger partial charge is 0.496 e. The first-order valence-electron chi connectivity index (χ1n) is 7.39. The number of hydrogen-bond acceptors (Lipinski definition) is 4. The lowest BCUT2D eigenvalue weighted by molar-refractivity contribution is 0.0542. The van der Waals surface area contributed by atoms with Gasteiger partial charge in [0.05, 0.1) is 20.3 Å². The topological polar surface area (TPSA) is 41.9 Å². The summed E-state index contributed by atoms with van der Waals surface area (Å²) in [5, 5.41) is 10.5. The zero-order chi connectivity index (χ0) is 14.1. The molecule has 1 fully saturated rings. The SMILES string of the molecule is COc1ccc(OC)c2c1C[C@@H](O)[C@H](N1CCCC1)C2.Cl. The van der Waals surface area contributed by atoms with Crippen LogP contribution in [0.4, 0.5) is 0 Å². The van der Waals surface area contributed by atoms with Crippen molar-refractivity contribution in [1.82, 2.24) is 4.90 Å². The lowest BCUT2D eigenvalue weighted by atomic mass is 9.84. The number of ether oxygens (including phenoxy) is 2. The molecule has 3 rings (SSSR count). The molecule has 118 valence electrons. The first kappa shape index (κ1) is 16.4. The fourth-order valence-corrected chi connectivity index (χ4v) is 3.62. The van der Waals surface area contributed by atoms with Crippen LogP contribution < -0.4 is 9.47 Å². The molecule has 0 amide bonds. The third-order valence-corrected chi connectivity index (χ3v) is 4.67. The Kier molecular flexibility index (Phi) is 5.36. The zero-order valence-electron chi connectivity index (χ0n) is 12.7. The first-order chi connectivity index (χ1) is 9.74. The summed E-state index contributed by atoms with van der Waals surface area (Å²) in [7, 11) is 3.39. The minimum absolute atomic E-state index is 0.